The summed E-state index contributed by atoms with van der Waals surface area (Å²) in [4.78, 5) is 29.8. The van der Waals surface area contributed by atoms with Crippen molar-refractivity contribution < 1.29 is 19.1 Å². The lowest BCUT2D eigenvalue weighted by Gasteiger charge is -2.10. The van der Waals surface area contributed by atoms with Crippen LogP contribution in [-0.2, 0) is 4.74 Å². The van der Waals surface area contributed by atoms with Crippen molar-refractivity contribution in [3.8, 4) is 5.75 Å². The molecule has 0 bridgehead atoms. The largest absolute Gasteiger partial charge is 0.497 e. The highest BCUT2D eigenvalue weighted by molar-refractivity contribution is 7.11. The molecule has 0 saturated heterocycles. The number of carbonyl (C=O) groups is 2. The van der Waals surface area contributed by atoms with Crippen LogP contribution in [0.5, 0.6) is 5.75 Å². The Morgan fingerprint density at radius 1 is 1.24 bits per heavy atom. The highest BCUT2D eigenvalue weighted by Crippen LogP contribution is 2.18. The topological polar surface area (TPSA) is 69.9 Å². The van der Waals surface area contributed by atoms with Crippen LogP contribution in [0, 0.1) is 6.92 Å². The van der Waals surface area contributed by atoms with E-state index >= 15 is 0 Å². The normalized spacial score (nSPS) is 11.7. The molecule has 1 amide bonds. The zero-order chi connectivity index (χ0) is 18.6. The Kier molecular flexibility index (Phi) is 6.14. The molecule has 25 heavy (non-hydrogen) atoms. The molecule has 0 fully saturated rings. The Bertz CT molecular complexity index is 832. The van der Waals surface area contributed by atoms with Gasteiger partial charge in [-0.1, -0.05) is 11.3 Å². The number of rotatable bonds is 5. The van der Waals surface area contributed by atoms with Crippen molar-refractivity contribution in [2.75, 3.05) is 13.7 Å². The summed E-state index contributed by atoms with van der Waals surface area (Å²) < 4.78 is 12.1. The summed E-state index contributed by atoms with van der Waals surface area (Å²) in [7, 11) is 1.57. The second kappa shape index (κ2) is 8.11. The third-order valence-electron chi connectivity index (χ3n) is 3.60. The van der Waals surface area contributed by atoms with Gasteiger partial charge in [-0.15, -0.1) is 0 Å². The van der Waals surface area contributed by atoms with Crippen molar-refractivity contribution >= 4 is 23.2 Å². The number of ether oxygens (including phenoxy) is 2. The fraction of sp³-hybridized carbons (Fsp3) is 0.389. The molecule has 0 unspecified atom stereocenters. The predicted octanol–water partition coefficient (Wildman–Crippen LogP) is 3.37. The second-order valence-electron chi connectivity index (χ2n) is 5.63. The molecule has 0 saturated carbocycles. The minimum atomic E-state index is -0.391. The summed E-state index contributed by atoms with van der Waals surface area (Å²) in [5.74, 6) is -0.0863. The third kappa shape index (κ3) is 4.17. The predicted molar refractivity (Wildman–Crippen MR) is 96.3 cm³/mol. The number of benzene rings is 1. The first-order valence-corrected chi connectivity index (χ1v) is 8.82. The summed E-state index contributed by atoms with van der Waals surface area (Å²) in [5, 5.41) is 0. The van der Waals surface area contributed by atoms with Gasteiger partial charge in [0.1, 0.15) is 10.6 Å². The molecular formula is C18H22N2O4S. The fourth-order valence-corrected chi connectivity index (χ4v) is 3.57. The molecule has 1 heterocycles. The number of carbonyl (C=O) groups excluding carboxylic acids is 2. The first kappa shape index (κ1) is 18.9. The van der Waals surface area contributed by atoms with Crippen LogP contribution in [0.15, 0.2) is 29.3 Å². The van der Waals surface area contributed by atoms with Crippen LogP contribution in [0.1, 0.15) is 52.5 Å². The number of thiazole rings is 1. The van der Waals surface area contributed by atoms with Crippen LogP contribution in [-0.4, -0.2) is 30.2 Å². The van der Waals surface area contributed by atoms with Crippen LogP contribution in [0.2, 0.25) is 0 Å². The minimum absolute atomic E-state index is 0.0573. The molecule has 7 heteroatoms. The van der Waals surface area contributed by atoms with Gasteiger partial charge in [0, 0.05) is 17.3 Å². The lowest BCUT2D eigenvalue weighted by Crippen LogP contribution is -2.20. The monoisotopic (exact) mass is 362 g/mol. The number of amides is 1. The Labute approximate surface area is 150 Å². The smallest absolute Gasteiger partial charge is 0.350 e. The Hall–Kier alpha value is -2.41. The van der Waals surface area contributed by atoms with Gasteiger partial charge >= 0.3 is 5.97 Å². The lowest BCUT2D eigenvalue weighted by atomic mass is 10.2. The summed E-state index contributed by atoms with van der Waals surface area (Å²) in [6.07, 6.45) is 0. The molecule has 6 nitrogen and oxygen atoms in total. The van der Waals surface area contributed by atoms with Gasteiger partial charge in [-0.05, 0) is 52.0 Å². The number of hydrogen-bond donors (Lipinski definition) is 0. The van der Waals surface area contributed by atoms with E-state index in [1.165, 1.54) is 11.3 Å². The fourth-order valence-electron chi connectivity index (χ4n) is 2.42. The average molecular weight is 362 g/mol. The molecule has 2 aromatic rings. The van der Waals surface area contributed by atoms with E-state index < -0.39 is 5.97 Å². The molecule has 0 aliphatic rings. The van der Waals surface area contributed by atoms with Gasteiger partial charge in [0.2, 0.25) is 0 Å². The van der Waals surface area contributed by atoms with Gasteiger partial charge < -0.3 is 14.0 Å². The summed E-state index contributed by atoms with van der Waals surface area (Å²) in [5.41, 5.74) is 1.21. The van der Waals surface area contributed by atoms with Gasteiger partial charge in [0.15, 0.2) is 4.80 Å². The number of nitrogens with zero attached hydrogens (tertiary/aromatic N) is 2. The van der Waals surface area contributed by atoms with Gasteiger partial charge in [-0.3, -0.25) is 4.79 Å². The molecule has 0 aliphatic carbocycles. The maximum atomic E-state index is 12.5. The molecular weight excluding hydrogens is 340 g/mol. The highest BCUT2D eigenvalue weighted by Gasteiger charge is 2.20. The maximum absolute atomic E-state index is 12.5. The molecule has 0 spiro atoms. The van der Waals surface area contributed by atoms with Gasteiger partial charge in [-0.2, -0.15) is 4.99 Å². The molecule has 0 aliphatic heterocycles. The van der Waals surface area contributed by atoms with Gasteiger partial charge in [0.05, 0.1) is 13.7 Å². The molecule has 2 rings (SSSR count). The van der Waals surface area contributed by atoms with Crippen molar-refractivity contribution in [2.45, 2.75) is 33.7 Å². The summed E-state index contributed by atoms with van der Waals surface area (Å²) in [6, 6.07) is 6.81. The van der Waals surface area contributed by atoms with E-state index in [0.29, 0.717) is 27.6 Å². The Morgan fingerprint density at radius 3 is 2.40 bits per heavy atom. The van der Waals surface area contributed by atoms with Crippen molar-refractivity contribution in [1.82, 2.24) is 4.57 Å². The van der Waals surface area contributed by atoms with E-state index in [0.717, 1.165) is 5.69 Å². The molecule has 1 aromatic heterocycles. The van der Waals surface area contributed by atoms with Crippen molar-refractivity contribution in [1.29, 1.82) is 0 Å². The minimum Gasteiger partial charge on any atom is -0.497 e. The third-order valence-corrected chi connectivity index (χ3v) is 4.74. The zero-order valence-electron chi connectivity index (χ0n) is 15.0. The summed E-state index contributed by atoms with van der Waals surface area (Å²) >= 11 is 1.17. The van der Waals surface area contributed by atoms with Crippen LogP contribution >= 0.6 is 11.3 Å². The molecule has 0 N–H and O–H groups in total. The SMILES string of the molecule is CCOC(=O)c1sc(=NC(=O)c2ccc(OC)cc2)n(C(C)C)c1C. The van der Waals surface area contributed by atoms with E-state index in [1.807, 2.05) is 25.3 Å². The molecule has 0 atom stereocenters. The van der Waals surface area contributed by atoms with Gasteiger partial charge in [0.25, 0.3) is 5.91 Å². The first-order valence-electron chi connectivity index (χ1n) is 8.01. The van der Waals surface area contributed by atoms with Crippen LogP contribution in [0.25, 0.3) is 0 Å². The van der Waals surface area contributed by atoms with Crippen molar-refractivity contribution in [3.63, 3.8) is 0 Å². The molecule has 134 valence electrons. The van der Waals surface area contributed by atoms with E-state index in [9.17, 15) is 9.59 Å². The summed E-state index contributed by atoms with van der Waals surface area (Å²) in [6.45, 7) is 7.85. The van der Waals surface area contributed by atoms with E-state index in [4.69, 9.17) is 9.47 Å². The number of esters is 1. The molecule has 0 radical (unpaired) electrons. The van der Waals surface area contributed by atoms with Crippen molar-refractivity contribution in [2.24, 2.45) is 4.99 Å². The Balaban J connectivity index is 2.48. The van der Waals surface area contributed by atoms with E-state index in [-0.39, 0.29) is 11.9 Å². The molecule has 1 aromatic carbocycles. The van der Waals surface area contributed by atoms with Crippen LogP contribution in [0.3, 0.4) is 0 Å². The van der Waals surface area contributed by atoms with Crippen LogP contribution < -0.4 is 9.54 Å². The average Bonchev–Trinajstić information content (AvgIpc) is 2.91. The van der Waals surface area contributed by atoms with Crippen LogP contribution in [0.4, 0.5) is 0 Å². The number of hydrogen-bond acceptors (Lipinski definition) is 5. The number of methoxy groups -OCH3 is 1. The first-order chi connectivity index (χ1) is 11.9. The van der Waals surface area contributed by atoms with Crippen molar-refractivity contribution in [3.05, 3.63) is 45.2 Å². The lowest BCUT2D eigenvalue weighted by molar-refractivity contribution is 0.0530. The number of aromatic nitrogens is 1. The maximum Gasteiger partial charge on any atom is 0.350 e. The highest BCUT2D eigenvalue weighted by atomic mass is 32.1. The quantitative estimate of drug-likeness (QED) is 0.765. The van der Waals surface area contributed by atoms with E-state index in [1.54, 1.807) is 38.3 Å². The Morgan fingerprint density at radius 2 is 1.88 bits per heavy atom. The van der Waals surface area contributed by atoms with Gasteiger partial charge in [-0.25, -0.2) is 4.79 Å². The standard InChI is InChI=1S/C18H22N2O4S/c1-6-24-17(22)15-12(4)20(11(2)3)18(25-15)19-16(21)13-7-9-14(23-5)10-8-13/h7-11H,6H2,1-5H3. The van der Waals surface area contributed by atoms with E-state index in [2.05, 4.69) is 4.99 Å². The second-order valence-corrected chi connectivity index (χ2v) is 6.61. The zero-order valence-corrected chi connectivity index (χ0v) is 15.8.